The van der Waals surface area contributed by atoms with Crippen molar-refractivity contribution in [1.82, 2.24) is 10.2 Å². The normalized spacial score (nSPS) is 20.3. The molecular weight excluding hydrogens is 212 g/mol. The molecule has 1 N–H and O–H groups in total. The molecular formula is C14H20N2O. The van der Waals surface area contributed by atoms with Crippen molar-refractivity contribution in [1.29, 1.82) is 0 Å². The van der Waals surface area contributed by atoms with Gasteiger partial charge < -0.3 is 4.90 Å². The van der Waals surface area contributed by atoms with Gasteiger partial charge in [-0.15, -0.1) is 0 Å². The fourth-order valence-corrected chi connectivity index (χ4v) is 2.53. The molecule has 1 heterocycles. The van der Waals surface area contributed by atoms with E-state index in [2.05, 4.69) is 31.3 Å². The van der Waals surface area contributed by atoms with Gasteiger partial charge in [-0.05, 0) is 18.4 Å². The molecule has 1 unspecified atom stereocenters. The molecule has 3 nitrogen and oxygen atoms in total. The van der Waals surface area contributed by atoms with Crippen molar-refractivity contribution in [3.05, 3.63) is 35.9 Å². The maximum Gasteiger partial charge on any atom is 0.238 e. The van der Waals surface area contributed by atoms with E-state index in [4.69, 9.17) is 0 Å². The number of rotatable bonds is 4. The summed E-state index contributed by atoms with van der Waals surface area (Å²) in [6, 6.07) is 10.5. The van der Waals surface area contributed by atoms with Crippen molar-refractivity contribution in [3.8, 4) is 0 Å². The quantitative estimate of drug-likeness (QED) is 0.864. The van der Waals surface area contributed by atoms with Gasteiger partial charge in [0.15, 0.2) is 0 Å². The molecule has 1 amide bonds. The highest BCUT2D eigenvalue weighted by Crippen LogP contribution is 2.26. The largest absolute Gasteiger partial charge is 0.319 e. The summed E-state index contributed by atoms with van der Waals surface area (Å²) in [7, 11) is 0. The molecule has 0 bridgehead atoms. The fourth-order valence-electron chi connectivity index (χ4n) is 2.53. The zero-order valence-electron chi connectivity index (χ0n) is 10.5. The second-order valence-electron chi connectivity index (χ2n) is 4.47. The maximum atomic E-state index is 12.0. The van der Waals surface area contributed by atoms with Gasteiger partial charge in [0, 0.05) is 6.04 Å². The Kier molecular flexibility index (Phi) is 3.79. The Hall–Kier alpha value is -1.35. The highest BCUT2D eigenvalue weighted by molar-refractivity contribution is 5.81. The van der Waals surface area contributed by atoms with Gasteiger partial charge in [0.05, 0.1) is 6.54 Å². The van der Waals surface area contributed by atoms with Crippen molar-refractivity contribution >= 4 is 5.91 Å². The first-order chi connectivity index (χ1) is 8.27. The number of carbonyl (C=O) groups is 1. The Morgan fingerprint density at radius 3 is 2.53 bits per heavy atom. The van der Waals surface area contributed by atoms with Gasteiger partial charge in [-0.1, -0.05) is 44.2 Å². The molecule has 1 fully saturated rings. The molecule has 1 aromatic carbocycles. The first kappa shape index (κ1) is 12.1. The summed E-state index contributed by atoms with van der Waals surface area (Å²) < 4.78 is 0. The van der Waals surface area contributed by atoms with E-state index in [9.17, 15) is 4.79 Å². The second kappa shape index (κ2) is 5.32. The zero-order chi connectivity index (χ0) is 12.3. The number of amides is 1. The van der Waals surface area contributed by atoms with Crippen LogP contribution in [0.15, 0.2) is 30.3 Å². The van der Waals surface area contributed by atoms with Gasteiger partial charge in [-0.25, -0.2) is 0 Å². The lowest BCUT2D eigenvalue weighted by Crippen LogP contribution is -2.38. The summed E-state index contributed by atoms with van der Waals surface area (Å²) in [5, 5.41) is 3.30. The topological polar surface area (TPSA) is 32.3 Å². The van der Waals surface area contributed by atoms with Crippen LogP contribution in [0.3, 0.4) is 0 Å². The van der Waals surface area contributed by atoms with Gasteiger partial charge in [-0.3, -0.25) is 10.1 Å². The lowest BCUT2D eigenvalue weighted by Gasteiger charge is -2.31. The fraction of sp³-hybridized carbons (Fsp3) is 0.500. The van der Waals surface area contributed by atoms with Gasteiger partial charge in [-0.2, -0.15) is 0 Å². The highest BCUT2D eigenvalue weighted by Gasteiger charge is 2.34. The molecule has 17 heavy (non-hydrogen) atoms. The molecule has 2 rings (SSSR count). The van der Waals surface area contributed by atoms with Crippen LogP contribution in [0.4, 0.5) is 0 Å². The van der Waals surface area contributed by atoms with E-state index in [0.717, 1.165) is 12.8 Å². The molecule has 0 spiro atoms. The number of benzene rings is 1. The van der Waals surface area contributed by atoms with E-state index >= 15 is 0 Å². The summed E-state index contributed by atoms with van der Waals surface area (Å²) >= 11 is 0. The predicted molar refractivity (Wildman–Crippen MR) is 68.4 cm³/mol. The van der Waals surface area contributed by atoms with Crippen LogP contribution in [0, 0.1) is 0 Å². The van der Waals surface area contributed by atoms with Gasteiger partial charge in [0.25, 0.3) is 0 Å². The Morgan fingerprint density at radius 1 is 1.29 bits per heavy atom. The van der Waals surface area contributed by atoms with E-state index in [1.165, 1.54) is 5.56 Å². The maximum absolute atomic E-state index is 12.0. The van der Waals surface area contributed by atoms with Gasteiger partial charge in [0.1, 0.15) is 6.17 Å². The number of nitrogens with zero attached hydrogens (tertiary/aromatic N) is 1. The first-order valence-corrected chi connectivity index (χ1v) is 6.37. The SMILES string of the molecule is CCC(CC)N1C(=O)CNC1c1ccccc1. The first-order valence-electron chi connectivity index (χ1n) is 6.37. The summed E-state index contributed by atoms with van der Waals surface area (Å²) in [5.41, 5.74) is 1.17. The molecule has 1 saturated heterocycles. The van der Waals surface area contributed by atoms with Crippen LogP contribution in [-0.4, -0.2) is 23.4 Å². The second-order valence-corrected chi connectivity index (χ2v) is 4.47. The Labute approximate surface area is 103 Å². The molecule has 3 heteroatoms. The lowest BCUT2D eigenvalue weighted by atomic mass is 10.1. The van der Waals surface area contributed by atoms with Crippen molar-refractivity contribution in [3.63, 3.8) is 0 Å². The van der Waals surface area contributed by atoms with Gasteiger partial charge in [0.2, 0.25) is 5.91 Å². The van der Waals surface area contributed by atoms with Crippen LogP contribution in [0.25, 0.3) is 0 Å². The van der Waals surface area contributed by atoms with Crippen LogP contribution in [-0.2, 0) is 4.79 Å². The molecule has 0 aliphatic carbocycles. The van der Waals surface area contributed by atoms with Crippen molar-refractivity contribution < 1.29 is 4.79 Å². The number of hydrogen-bond acceptors (Lipinski definition) is 2. The predicted octanol–water partition coefficient (Wildman–Crippen LogP) is 2.31. The van der Waals surface area contributed by atoms with Crippen LogP contribution >= 0.6 is 0 Å². The molecule has 1 aromatic rings. The third-order valence-electron chi connectivity index (χ3n) is 3.46. The standard InChI is InChI=1S/C14H20N2O/c1-3-12(4-2)16-13(17)10-15-14(16)11-8-6-5-7-9-11/h5-9,12,14-15H,3-4,10H2,1-2H3. The van der Waals surface area contributed by atoms with E-state index in [-0.39, 0.29) is 12.1 Å². The molecule has 1 atom stereocenters. The molecule has 1 aliphatic rings. The number of hydrogen-bond donors (Lipinski definition) is 1. The summed E-state index contributed by atoms with van der Waals surface area (Å²) in [5.74, 6) is 0.215. The molecule has 92 valence electrons. The number of nitrogens with one attached hydrogen (secondary N) is 1. The van der Waals surface area contributed by atoms with Crippen molar-refractivity contribution in [2.75, 3.05) is 6.54 Å². The zero-order valence-corrected chi connectivity index (χ0v) is 10.5. The summed E-state index contributed by atoms with van der Waals surface area (Å²) in [6.45, 7) is 4.74. The van der Waals surface area contributed by atoms with Crippen LogP contribution in [0.5, 0.6) is 0 Å². The average molecular weight is 232 g/mol. The summed E-state index contributed by atoms with van der Waals surface area (Å²) in [6.07, 6.45) is 2.06. The van der Waals surface area contributed by atoms with Crippen LogP contribution in [0.1, 0.15) is 38.4 Å². The lowest BCUT2D eigenvalue weighted by molar-refractivity contribution is -0.130. The minimum Gasteiger partial charge on any atom is -0.319 e. The third kappa shape index (κ3) is 2.34. The van der Waals surface area contributed by atoms with Crippen molar-refractivity contribution in [2.45, 2.75) is 38.9 Å². The smallest absolute Gasteiger partial charge is 0.238 e. The van der Waals surface area contributed by atoms with E-state index in [1.54, 1.807) is 0 Å². The van der Waals surface area contributed by atoms with Gasteiger partial charge >= 0.3 is 0 Å². The monoisotopic (exact) mass is 232 g/mol. The molecule has 0 aromatic heterocycles. The van der Waals surface area contributed by atoms with Crippen LogP contribution < -0.4 is 5.32 Å². The van der Waals surface area contributed by atoms with E-state index in [0.29, 0.717) is 12.6 Å². The Morgan fingerprint density at radius 2 is 1.94 bits per heavy atom. The van der Waals surface area contributed by atoms with Crippen LogP contribution in [0.2, 0.25) is 0 Å². The van der Waals surface area contributed by atoms with E-state index < -0.39 is 0 Å². The Balaban J connectivity index is 2.25. The molecule has 0 radical (unpaired) electrons. The third-order valence-corrected chi connectivity index (χ3v) is 3.46. The highest BCUT2D eigenvalue weighted by atomic mass is 16.2. The van der Waals surface area contributed by atoms with E-state index in [1.807, 2.05) is 23.1 Å². The summed E-state index contributed by atoms with van der Waals surface area (Å²) in [4.78, 5) is 14.0. The minimum absolute atomic E-state index is 0.0496. The average Bonchev–Trinajstić information content (AvgIpc) is 2.75. The molecule has 1 aliphatic heterocycles. The van der Waals surface area contributed by atoms with Crippen molar-refractivity contribution in [2.24, 2.45) is 0 Å². The number of carbonyl (C=O) groups excluding carboxylic acids is 1. The Bertz CT molecular complexity index is 373. The minimum atomic E-state index is 0.0496. The molecule has 0 saturated carbocycles.